The third-order valence-electron chi connectivity index (χ3n) is 5.23. The standard InChI is InChI=1S/C21H28N4O5S2/c1-15-7-8-16(13-19(15)23-31(4,27)28)22-21(26)18-14-17(32(29,30)24(2)3)9-10-20(18)25-11-5-6-12-25/h7-10,13-14,23H,5-6,11-12H2,1-4H3,(H,22,26). The van der Waals surface area contributed by atoms with Gasteiger partial charge in [0, 0.05) is 38.6 Å². The number of benzene rings is 2. The van der Waals surface area contributed by atoms with Gasteiger partial charge in [0.15, 0.2) is 0 Å². The van der Waals surface area contributed by atoms with Crippen molar-refractivity contribution < 1.29 is 21.6 Å². The van der Waals surface area contributed by atoms with Gasteiger partial charge in [-0.1, -0.05) is 6.07 Å². The second kappa shape index (κ2) is 9.08. The molecule has 1 saturated heterocycles. The molecule has 0 unspecified atom stereocenters. The minimum atomic E-state index is -3.72. The van der Waals surface area contributed by atoms with Gasteiger partial charge in [0.1, 0.15) is 0 Å². The summed E-state index contributed by atoms with van der Waals surface area (Å²) in [4.78, 5) is 15.3. The average molecular weight is 481 g/mol. The predicted molar refractivity (Wildman–Crippen MR) is 126 cm³/mol. The molecule has 0 atom stereocenters. The Morgan fingerprint density at radius 3 is 2.25 bits per heavy atom. The van der Waals surface area contributed by atoms with Crippen LogP contribution in [0.15, 0.2) is 41.3 Å². The topological polar surface area (TPSA) is 116 Å². The number of hydrogen-bond acceptors (Lipinski definition) is 6. The monoisotopic (exact) mass is 480 g/mol. The van der Waals surface area contributed by atoms with Crippen LogP contribution >= 0.6 is 0 Å². The lowest BCUT2D eigenvalue weighted by molar-refractivity contribution is 0.102. The molecule has 2 aromatic carbocycles. The van der Waals surface area contributed by atoms with Gasteiger partial charge in [0.05, 0.1) is 22.4 Å². The summed E-state index contributed by atoms with van der Waals surface area (Å²) < 4.78 is 52.0. The highest BCUT2D eigenvalue weighted by Crippen LogP contribution is 2.29. The van der Waals surface area contributed by atoms with Crippen molar-refractivity contribution in [3.63, 3.8) is 0 Å². The van der Waals surface area contributed by atoms with Crippen LogP contribution in [0.4, 0.5) is 17.1 Å². The zero-order chi connectivity index (χ0) is 23.7. The van der Waals surface area contributed by atoms with E-state index in [9.17, 15) is 21.6 Å². The summed E-state index contributed by atoms with van der Waals surface area (Å²) in [5.41, 5.74) is 2.35. The lowest BCUT2D eigenvalue weighted by Gasteiger charge is -2.22. The van der Waals surface area contributed by atoms with Crippen molar-refractivity contribution in [2.24, 2.45) is 0 Å². The predicted octanol–water partition coefficient (Wildman–Crippen LogP) is 2.47. The van der Waals surface area contributed by atoms with Crippen LogP contribution in [0.25, 0.3) is 0 Å². The van der Waals surface area contributed by atoms with E-state index in [-0.39, 0.29) is 10.5 Å². The van der Waals surface area contributed by atoms with Crippen LogP contribution < -0.4 is 14.9 Å². The Kier molecular flexibility index (Phi) is 6.82. The number of rotatable bonds is 7. The molecule has 3 rings (SSSR count). The Labute approximate surface area is 189 Å². The summed E-state index contributed by atoms with van der Waals surface area (Å²) in [6, 6.07) is 9.46. The zero-order valence-electron chi connectivity index (χ0n) is 18.5. The molecule has 1 heterocycles. The first-order valence-corrected chi connectivity index (χ1v) is 13.4. The SMILES string of the molecule is Cc1ccc(NC(=O)c2cc(S(=O)(=O)N(C)C)ccc2N2CCCC2)cc1NS(C)(=O)=O. The molecule has 32 heavy (non-hydrogen) atoms. The molecule has 2 N–H and O–H groups in total. The molecule has 1 aliphatic rings. The first kappa shape index (κ1) is 24.0. The summed E-state index contributed by atoms with van der Waals surface area (Å²) in [5.74, 6) is -0.475. The van der Waals surface area contributed by atoms with Crippen molar-refractivity contribution in [2.45, 2.75) is 24.7 Å². The Balaban J connectivity index is 2.00. The fourth-order valence-corrected chi connectivity index (χ4v) is 5.06. The second-order valence-electron chi connectivity index (χ2n) is 8.02. The lowest BCUT2D eigenvalue weighted by Crippen LogP contribution is -2.25. The number of anilines is 3. The third kappa shape index (κ3) is 5.40. The van der Waals surface area contributed by atoms with Crippen molar-refractivity contribution >= 4 is 43.0 Å². The van der Waals surface area contributed by atoms with E-state index in [1.807, 2.05) is 0 Å². The van der Waals surface area contributed by atoms with Crippen LogP contribution in [0.1, 0.15) is 28.8 Å². The molecule has 9 nitrogen and oxygen atoms in total. The van der Waals surface area contributed by atoms with Crippen LogP contribution in [-0.4, -0.2) is 60.5 Å². The largest absolute Gasteiger partial charge is 0.371 e. The van der Waals surface area contributed by atoms with Gasteiger partial charge >= 0.3 is 0 Å². The van der Waals surface area contributed by atoms with E-state index in [2.05, 4.69) is 14.9 Å². The quantitative estimate of drug-likeness (QED) is 0.629. The summed E-state index contributed by atoms with van der Waals surface area (Å²) in [6.07, 6.45) is 3.05. The molecule has 0 saturated carbocycles. The van der Waals surface area contributed by atoms with Gasteiger partial charge in [-0.2, -0.15) is 0 Å². The molecule has 0 spiro atoms. The molecule has 1 amide bonds. The smallest absolute Gasteiger partial charge is 0.257 e. The number of hydrogen-bond donors (Lipinski definition) is 2. The molecule has 0 bridgehead atoms. The van der Waals surface area contributed by atoms with E-state index in [0.717, 1.165) is 36.5 Å². The summed E-state index contributed by atoms with van der Waals surface area (Å²) in [7, 11) is -4.33. The van der Waals surface area contributed by atoms with E-state index in [1.54, 1.807) is 25.1 Å². The number of carbonyl (C=O) groups is 1. The molecule has 174 valence electrons. The number of aryl methyl sites for hydroxylation is 1. The first-order chi connectivity index (χ1) is 14.9. The molecule has 2 aromatic rings. The van der Waals surface area contributed by atoms with Gasteiger partial charge in [-0.05, 0) is 55.7 Å². The zero-order valence-corrected chi connectivity index (χ0v) is 20.2. The third-order valence-corrected chi connectivity index (χ3v) is 7.63. The van der Waals surface area contributed by atoms with Crippen molar-refractivity contribution in [2.75, 3.05) is 48.4 Å². The van der Waals surface area contributed by atoms with Crippen LogP contribution in [0.5, 0.6) is 0 Å². The molecule has 0 radical (unpaired) electrons. The van der Waals surface area contributed by atoms with E-state index in [4.69, 9.17) is 0 Å². The van der Waals surface area contributed by atoms with Gasteiger partial charge < -0.3 is 10.2 Å². The molecule has 0 aliphatic carbocycles. The maximum Gasteiger partial charge on any atom is 0.257 e. The number of carbonyl (C=O) groups excluding carboxylic acids is 1. The van der Waals surface area contributed by atoms with Crippen molar-refractivity contribution in [1.29, 1.82) is 0 Å². The van der Waals surface area contributed by atoms with Crippen molar-refractivity contribution in [1.82, 2.24) is 4.31 Å². The van der Waals surface area contributed by atoms with Gasteiger partial charge in [-0.3, -0.25) is 9.52 Å². The molecule has 11 heteroatoms. The second-order valence-corrected chi connectivity index (χ2v) is 11.9. The van der Waals surface area contributed by atoms with E-state index < -0.39 is 26.0 Å². The number of amides is 1. The number of nitrogens with zero attached hydrogens (tertiary/aromatic N) is 2. The fraction of sp³-hybridized carbons (Fsp3) is 0.381. The van der Waals surface area contributed by atoms with Crippen molar-refractivity contribution in [3.8, 4) is 0 Å². The highest BCUT2D eigenvalue weighted by molar-refractivity contribution is 7.92. The van der Waals surface area contributed by atoms with E-state index in [1.165, 1.54) is 32.3 Å². The summed E-state index contributed by atoms with van der Waals surface area (Å²) in [6.45, 7) is 3.32. The normalized spacial score (nSPS) is 14.6. The molecular formula is C21H28N4O5S2. The molecule has 1 fully saturated rings. The molecule has 0 aromatic heterocycles. The lowest BCUT2D eigenvalue weighted by atomic mass is 10.1. The number of sulfonamides is 2. The maximum atomic E-state index is 13.2. The first-order valence-electron chi connectivity index (χ1n) is 10.1. The maximum absolute atomic E-state index is 13.2. The van der Waals surface area contributed by atoms with E-state index in [0.29, 0.717) is 22.6 Å². The fourth-order valence-electron chi connectivity index (χ4n) is 3.51. The molecular weight excluding hydrogens is 452 g/mol. The van der Waals surface area contributed by atoms with Crippen LogP contribution in [0.2, 0.25) is 0 Å². The Hall–Kier alpha value is -2.63. The van der Waals surface area contributed by atoms with Gasteiger partial charge in [-0.25, -0.2) is 21.1 Å². The minimum absolute atomic E-state index is 0.0268. The van der Waals surface area contributed by atoms with E-state index >= 15 is 0 Å². The summed E-state index contributed by atoms with van der Waals surface area (Å²) in [5, 5.41) is 2.77. The van der Waals surface area contributed by atoms with Crippen LogP contribution in [0, 0.1) is 6.92 Å². The highest BCUT2D eigenvalue weighted by atomic mass is 32.2. The average Bonchev–Trinajstić information content (AvgIpc) is 3.23. The highest BCUT2D eigenvalue weighted by Gasteiger charge is 2.25. The van der Waals surface area contributed by atoms with Gasteiger partial charge in [0.2, 0.25) is 20.0 Å². The summed E-state index contributed by atoms with van der Waals surface area (Å²) >= 11 is 0. The van der Waals surface area contributed by atoms with Crippen molar-refractivity contribution in [3.05, 3.63) is 47.5 Å². The molecule has 1 aliphatic heterocycles. The van der Waals surface area contributed by atoms with Gasteiger partial charge in [0.25, 0.3) is 5.91 Å². The Morgan fingerprint density at radius 1 is 1.00 bits per heavy atom. The number of nitrogens with one attached hydrogen (secondary N) is 2. The minimum Gasteiger partial charge on any atom is -0.371 e. The Bertz CT molecular complexity index is 1230. The van der Waals surface area contributed by atoms with Crippen LogP contribution in [0.3, 0.4) is 0 Å². The van der Waals surface area contributed by atoms with Gasteiger partial charge in [-0.15, -0.1) is 0 Å². The van der Waals surface area contributed by atoms with Crippen LogP contribution in [-0.2, 0) is 20.0 Å². The Morgan fingerprint density at radius 2 is 1.66 bits per heavy atom.